The van der Waals surface area contributed by atoms with E-state index in [9.17, 15) is 13.2 Å². The zero-order chi connectivity index (χ0) is 19.6. The molecule has 0 saturated heterocycles. The Morgan fingerprint density at radius 3 is 2.59 bits per heavy atom. The third-order valence-corrected chi connectivity index (χ3v) is 5.84. The van der Waals surface area contributed by atoms with Crippen LogP contribution in [0.4, 0.5) is 5.69 Å². The van der Waals surface area contributed by atoms with Crippen LogP contribution in [0.15, 0.2) is 58.5 Å². The number of sulfonamides is 1. The maximum absolute atomic E-state index is 12.2. The fourth-order valence-corrected chi connectivity index (χ4v) is 4.02. The van der Waals surface area contributed by atoms with Crippen LogP contribution in [-0.2, 0) is 14.8 Å². The molecule has 0 unspecified atom stereocenters. The number of anilines is 1. The van der Waals surface area contributed by atoms with E-state index in [1.807, 2.05) is 38.1 Å². The number of nitrogens with one attached hydrogen (secondary N) is 1. The average Bonchev–Trinajstić information content (AvgIpc) is 2.60. The van der Waals surface area contributed by atoms with Gasteiger partial charge in [-0.3, -0.25) is 4.79 Å². The Morgan fingerprint density at radius 2 is 1.85 bits per heavy atom. The maximum atomic E-state index is 12.2. The molecular weight excluding hydrogens is 382 g/mol. The summed E-state index contributed by atoms with van der Waals surface area (Å²) in [6.45, 7) is 4.03. The molecule has 0 radical (unpaired) electrons. The van der Waals surface area contributed by atoms with Crippen molar-refractivity contribution in [3.8, 4) is 0 Å². The molecule has 3 rings (SSSR count). The number of pyridine rings is 1. The highest BCUT2D eigenvalue weighted by atomic mass is 32.2. The Hall–Kier alpha value is -2.42. The largest absolute Gasteiger partial charge is 0.325 e. The van der Waals surface area contributed by atoms with Gasteiger partial charge >= 0.3 is 0 Å². The number of rotatable bonds is 5. The molecule has 3 aromatic rings. The van der Waals surface area contributed by atoms with Gasteiger partial charge in [-0.25, -0.2) is 18.5 Å². The lowest BCUT2D eigenvalue weighted by atomic mass is 10.1. The second-order valence-corrected chi connectivity index (χ2v) is 8.72. The number of nitrogens with zero attached hydrogens (tertiary/aromatic N) is 1. The van der Waals surface area contributed by atoms with Crippen molar-refractivity contribution in [2.45, 2.75) is 23.8 Å². The number of thioether (sulfide) groups is 1. The van der Waals surface area contributed by atoms with Crippen LogP contribution in [-0.4, -0.2) is 25.1 Å². The van der Waals surface area contributed by atoms with Crippen molar-refractivity contribution in [3.63, 3.8) is 0 Å². The van der Waals surface area contributed by atoms with Gasteiger partial charge in [0.2, 0.25) is 15.9 Å². The standard InChI is InChI=1S/C19H19N3O3S2/c1-12-5-3-8-16-13(2)9-18(22-19(12)16)26-11-17(23)21-14-6-4-7-15(10-14)27(20,24)25/h3-10H,11H2,1-2H3,(H,21,23)(H2,20,24,25). The molecule has 1 aromatic heterocycles. The van der Waals surface area contributed by atoms with Crippen LogP contribution in [0.3, 0.4) is 0 Å². The van der Waals surface area contributed by atoms with Gasteiger partial charge in [0.25, 0.3) is 0 Å². The SMILES string of the molecule is Cc1cc(SCC(=O)Nc2cccc(S(N)(=O)=O)c2)nc2c(C)cccc12. The highest BCUT2D eigenvalue weighted by Crippen LogP contribution is 2.25. The fourth-order valence-electron chi connectivity index (χ4n) is 2.69. The number of hydrogen-bond acceptors (Lipinski definition) is 5. The predicted molar refractivity (Wildman–Crippen MR) is 108 cm³/mol. The molecule has 3 N–H and O–H groups in total. The number of aryl methyl sites for hydroxylation is 2. The predicted octanol–water partition coefficient (Wildman–Crippen LogP) is 3.23. The van der Waals surface area contributed by atoms with Gasteiger partial charge in [0.05, 0.1) is 21.2 Å². The second kappa shape index (κ2) is 7.67. The lowest BCUT2D eigenvalue weighted by Gasteiger charge is -2.09. The summed E-state index contributed by atoms with van der Waals surface area (Å²) in [5.74, 6) is -0.0976. The number of benzene rings is 2. The van der Waals surface area contributed by atoms with Gasteiger partial charge in [-0.15, -0.1) is 0 Å². The number of para-hydroxylation sites is 1. The molecule has 8 heteroatoms. The molecule has 0 aliphatic carbocycles. The lowest BCUT2D eigenvalue weighted by molar-refractivity contribution is -0.113. The van der Waals surface area contributed by atoms with Gasteiger partial charge < -0.3 is 5.32 Å². The fraction of sp³-hybridized carbons (Fsp3) is 0.158. The minimum atomic E-state index is -3.81. The first-order valence-electron chi connectivity index (χ1n) is 8.16. The van der Waals surface area contributed by atoms with Crippen molar-refractivity contribution in [2.75, 3.05) is 11.1 Å². The van der Waals surface area contributed by atoms with Crippen molar-refractivity contribution in [2.24, 2.45) is 5.14 Å². The monoisotopic (exact) mass is 401 g/mol. The number of amides is 1. The van der Waals surface area contributed by atoms with E-state index >= 15 is 0 Å². The van der Waals surface area contributed by atoms with Gasteiger partial charge in [-0.05, 0) is 49.2 Å². The number of primary sulfonamides is 1. The molecule has 0 bridgehead atoms. The molecule has 1 amide bonds. The third kappa shape index (κ3) is 4.65. The lowest BCUT2D eigenvalue weighted by Crippen LogP contribution is -2.16. The van der Waals surface area contributed by atoms with Crippen LogP contribution >= 0.6 is 11.8 Å². The Bertz CT molecular complexity index is 1130. The average molecular weight is 402 g/mol. The summed E-state index contributed by atoms with van der Waals surface area (Å²) < 4.78 is 22.8. The number of nitrogens with two attached hydrogens (primary N) is 1. The van der Waals surface area contributed by atoms with E-state index in [0.717, 1.165) is 27.1 Å². The summed E-state index contributed by atoms with van der Waals surface area (Å²) in [7, 11) is -3.81. The summed E-state index contributed by atoms with van der Waals surface area (Å²) in [6.07, 6.45) is 0. The van der Waals surface area contributed by atoms with Crippen molar-refractivity contribution < 1.29 is 13.2 Å². The van der Waals surface area contributed by atoms with Crippen LogP contribution < -0.4 is 10.5 Å². The third-order valence-electron chi connectivity index (χ3n) is 4.02. The number of fused-ring (bicyclic) bond motifs is 1. The van der Waals surface area contributed by atoms with E-state index in [2.05, 4.69) is 10.3 Å². The molecule has 140 valence electrons. The molecule has 27 heavy (non-hydrogen) atoms. The summed E-state index contributed by atoms with van der Waals surface area (Å²) in [5.41, 5.74) is 3.50. The first-order chi connectivity index (χ1) is 12.7. The summed E-state index contributed by atoms with van der Waals surface area (Å²) in [4.78, 5) is 16.8. The van der Waals surface area contributed by atoms with Crippen LogP contribution in [0.5, 0.6) is 0 Å². The van der Waals surface area contributed by atoms with Gasteiger partial charge in [0.1, 0.15) is 0 Å². The molecule has 0 aliphatic heterocycles. The maximum Gasteiger partial charge on any atom is 0.238 e. The molecule has 0 saturated carbocycles. The van der Waals surface area contributed by atoms with Crippen LogP contribution in [0.1, 0.15) is 11.1 Å². The first-order valence-corrected chi connectivity index (χ1v) is 10.7. The smallest absolute Gasteiger partial charge is 0.238 e. The van der Waals surface area contributed by atoms with Gasteiger partial charge in [0.15, 0.2) is 0 Å². The Balaban J connectivity index is 1.71. The summed E-state index contributed by atoms with van der Waals surface area (Å²) >= 11 is 1.33. The van der Waals surface area contributed by atoms with Gasteiger partial charge in [-0.2, -0.15) is 0 Å². The van der Waals surface area contributed by atoms with Crippen LogP contribution in [0.25, 0.3) is 10.9 Å². The number of carbonyl (C=O) groups is 1. The molecule has 1 heterocycles. The zero-order valence-electron chi connectivity index (χ0n) is 14.9. The highest BCUT2D eigenvalue weighted by molar-refractivity contribution is 7.99. The van der Waals surface area contributed by atoms with E-state index in [0.29, 0.717) is 5.69 Å². The van der Waals surface area contributed by atoms with Crippen LogP contribution in [0.2, 0.25) is 0 Å². The van der Waals surface area contributed by atoms with E-state index in [1.165, 1.54) is 30.0 Å². The Kier molecular flexibility index (Phi) is 5.50. The molecule has 0 spiro atoms. The van der Waals surface area contributed by atoms with E-state index in [1.54, 1.807) is 6.07 Å². The number of hydrogen-bond donors (Lipinski definition) is 2. The number of carbonyl (C=O) groups excluding carboxylic acids is 1. The minimum absolute atomic E-state index is 0.0461. The molecule has 0 aliphatic rings. The quantitative estimate of drug-likeness (QED) is 0.639. The Morgan fingerprint density at radius 1 is 1.11 bits per heavy atom. The molecular formula is C19H19N3O3S2. The summed E-state index contributed by atoms with van der Waals surface area (Å²) in [6, 6.07) is 13.9. The van der Waals surface area contributed by atoms with Crippen molar-refractivity contribution in [3.05, 3.63) is 59.7 Å². The van der Waals surface area contributed by atoms with Gasteiger partial charge in [-0.1, -0.05) is 36.0 Å². The van der Waals surface area contributed by atoms with E-state index in [4.69, 9.17) is 5.14 Å². The van der Waals surface area contributed by atoms with E-state index in [-0.39, 0.29) is 16.6 Å². The van der Waals surface area contributed by atoms with Crippen molar-refractivity contribution >= 4 is 44.3 Å². The topological polar surface area (TPSA) is 102 Å². The van der Waals surface area contributed by atoms with Crippen molar-refractivity contribution in [1.29, 1.82) is 0 Å². The van der Waals surface area contributed by atoms with Crippen LogP contribution in [0, 0.1) is 13.8 Å². The number of aromatic nitrogens is 1. The van der Waals surface area contributed by atoms with E-state index < -0.39 is 10.0 Å². The molecule has 0 fully saturated rings. The first kappa shape index (κ1) is 19.3. The van der Waals surface area contributed by atoms with Gasteiger partial charge in [0, 0.05) is 11.1 Å². The normalized spacial score (nSPS) is 11.5. The van der Waals surface area contributed by atoms with Crippen molar-refractivity contribution in [1.82, 2.24) is 4.98 Å². The summed E-state index contributed by atoms with van der Waals surface area (Å²) in [5, 5.41) is 9.66. The highest BCUT2D eigenvalue weighted by Gasteiger charge is 2.11. The molecule has 6 nitrogen and oxygen atoms in total. The molecule has 0 atom stereocenters. The Labute approximate surface area is 162 Å². The minimum Gasteiger partial charge on any atom is -0.325 e. The molecule has 2 aromatic carbocycles. The second-order valence-electron chi connectivity index (χ2n) is 6.16. The zero-order valence-corrected chi connectivity index (χ0v) is 16.5.